The SMILES string of the molecule is NC(=S)c1ccc(S(=O)(=O)NC2CCN3CCCC23)cn1. The van der Waals surface area contributed by atoms with Crippen molar-refractivity contribution < 1.29 is 8.42 Å². The summed E-state index contributed by atoms with van der Waals surface area (Å²) < 4.78 is 27.7. The summed E-state index contributed by atoms with van der Waals surface area (Å²) in [5, 5.41) is 0. The molecule has 0 aliphatic carbocycles. The molecule has 1 aromatic heterocycles. The zero-order valence-electron chi connectivity index (χ0n) is 11.5. The summed E-state index contributed by atoms with van der Waals surface area (Å²) in [4.78, 5) is 6.66. The van der Waals surface area contributed by atoms with Crippen molar-refractivity contribution >= 4 is 27.2 Å². The van der Waals surface area contributed by atoms with Gasteiger partial charge in [-0.3, -0.25) is 9.88 Å². The highest BCUT2D eigenvalue weighted by molar-refractivity contribution is 7.89. The molecule has 0 aromatic carbocycles. The fourth-order valence-corrected chi connectivity index (χ4v) is 4.54. The maximum absolute atomic E-state index is 12.4. The van der Waals surface area contributed by atoms with Gasteiger partial charge in [0.15, 0.2) is 0 Å². The molecule has 114 valence electrons. The minimum atomic E-state index is -3.55. The van der Waals surface area contributed by atoms with Crippen molar-refractivity contribution in [2.45, 2.75) is 36.2 Å². The van der Waals surface area contributed by atoms with E-state index in [1.807, 2.05) is 0 Å². The Morgan fingerprint density at radius 1 is 1.38 bits per heavy atom. The second-order valence-corrected chi connectivity index (χ2v) is 7.66. The van der Waals surface area contributed by atoms with Crippen LogP contribution in [0.1, 0.15) is 25.0 Å². The van der Waals surface area contributed by atoms with Gasteiger partial charge in [-0.25, -0.2) is 13.1 Å². The van der Waals surface area contributed by atoms with Gasteiger partial charge in [0.25, 0.3) is 0 Å². The molecule has 0 spiro atoms. The lowest BCUT2D eigenvalue weighted by Crippen LogP contribution is -2.42. The topological polar surface area (TPSA) is 88.3 Å². The maximum atomic E-state index is 12.4. The molecule has 6 nitrogen and oxygen atoms in total. The summed E-state index contributed by atoms with van der Waals surface area (Å²) in [7, 11) is -3.55. The van der Waals surface area contributed by atoms with Crippen LogP contribution in [0.3, 0.4) is 0 Å². The zero-order valence-corrected chi connectivity index (χ0v) is 13.2. The molecule has 3 rings (SSSR count). The number of hydrogen-bond acceptors (Lipinski definition) is 5. The molecule has 2 aliphatic heterocycles. The van der Waals surface area contributed by atoms with Gasteiger partial charge in [0.1, 0.15) is 9.88 Å². The molecule has 3 N–H and O–H groups in total. The van der Waals surface area contributed by atoms with Crippen molar-refractivity contribution in [3.63, 3.8) is 0 Å². The Balaban J connectivity index is 1.76. The number of rotatable bonds is 4. The van der Waals surface area contributed by atoms with Gasteiger partial charge >= 0.3 is 0 Å². The lowest BCUT2D eigenvalue weighted by Gasteiger charge is -2.21. The Morgan fingerprint density at radius 3 is 2.86 bits per heavy atom. The van der Waals surface area contributed by atoms with E-state index in [-0.39, 0.29) is 15.9 Å². The minimum absolute atomic E-state index is 0.00670. The molecule has 2 saturated heterocycles. The Labute approximate surface area is 129 Å². The predicted molar refractivity (Wildman–Crippen MR) is 83.4 cm³/mol. The molecule has 0 bridgehead atoms. The van der Waals surface area contributed by atoms with Crippen molar-refractivity contribution in [3.05, 3.63) is 24.0 Å². The first-order valence-corrected chi connectivity index (χ1v) is 8.89. The van der Waals surface area contributed by atoms with Crippen molar-refractivity contribution in [2.75, 3.05) is 13.1 Å². The van der Waals surface area contributed by atoms with Gasteiger partial charge in [0.2, 0.25) is 10.0 Å². The lowest BCUT2D eigenvalue weighted by molar-refractivity contribution is 0.309. The highest BCUT2D eigenvalue weighted by Gasteiger charge is 2.39. The predicted octanol–water partition coefficient (Wildman–Crippen LogP) is 0.231. The van der Waals surface area contributed by atoms with Gasteiger partial charge in [0.05, 0.1) is 5.69 Å². The Hall–Kier alpha value is -1.09. The monoisotopic (exact) mass is 326 g/mol. The summed E-state index contributed by atoms with van der Waals surface area (Å²) in [6.07, 6.45) is 4.37. The van der Waals surface area contributed by atoms with E-state index in [1.165, 1.54) is 18.3 Å². The number of thiocarbonyl (C=S) groups is 1. The number of nitrogens with two attached hydrogens (primary N) is 1. The molecular weight excluding hydrogens is 308 g/mol. The van der Waals surface area contributed by atoms with Crippen LogP contribution < -0.4 is 10.5 Å². The first kappa shape index (κ1) is 14.8. The van der Waals surface area contributed by atoms with E-state index in [2.05, 4.69) is 14.6 Å². The third-order valence-corrected chi connectivity index (χ3v) is 5.90. The van der Waals surface area contributed by atoms with Gasteiger partial charge in [-0.2, -0.15) is 0 Å². The van der Waals surface area contributed by atoms with E-state index in [4.69, 9.17) is 18.0 Å². The van der Waals surface area contributed by atoms with Crippen molar-refractivity contribution in [1.82, 2.24) is 14.6 Å². The van der Waals surface area contributed by atoms with Crippen LogP contribution in [0.25, 0.3) is 0 Å². The standard InChI is InChI=1S/C13H18N4O2S2/c14-13(20)11-4-3-9(8-15-11)21(18,19)16-10-5-7-17-6-1-2-12(10)17/h3-4,8,10,12,16H,1-2,5-7H2,(H2,14,20). The summed E-state index contributed by atoms with van der Waals surface area (Å²) in [5.41, 5.74) is 5.88. The van der Waals surface area contributed by atoms with Crippen molar-refractivity contribution in [2.24, 2.45) is 5.73 Å². The number of hydrogen-bond donors (Lipinski definition) is 2. The van der Waals surface area contributed by atoms with Gasteiger partial charge < -0.3 is 5.73 Å². The zero-order chi connectivity index (χ0) is 15.0. The molecule has 0 radical (unpaired) electrons. The van der Waals surface area contributed by atoms with Crippen LogP contribution in [0, 0.1) is 0 Å². The third-order valence-electron chi connectivity index (χ3n) is 4.21. The molecular formula is C13H18N4O2S2. The van der Waals surface area contributed by atoms with Gasteiger partial charge in [-0.1, -0.05) is 12.2 Å². The van der Waals surface area contributed by atoms with Crippen LogP contribution in [0.4, 0.5) is 0 Å². The van der Waals surface area contributed by atoms with Gasteiger partial charge in [-0.05, 0) is 37.9 Å². The number of nitrogens with zero attached hydrogens (tertiary/aromatic N) is 2. The number of nitrogens with one attached hydrogen (secondary N) is 1. The summed E-state index contributed by atoms with van der Waals surface area (Å²) in [6, 6.07) is 3.36. The fraction of sp³-hybridized carbons (Fsp3) is 0.538. The maximum Gasteiger partial charge on any atom is 0.242 e. The molecule has 0 amide bonds. The van der Waals surface area contributed by atoms with Gasteiger partial charge in [0, 0.05) is 24.8 Å². The molecule has 2 atom stereocenters. The van der Waals surface area contributed by atoms with E-state index < -0.39 is 10.0 Å². The average Bonchev–Trinajstić information content (AvgIpc) is 3.04. The first-order chi connectivity index (χ1) is 9.97. The Morgan fingerprint density at radius 2 is 2.19 bits per heavy atom. The second-order valence-electron chi connectivity index (χ2n) is 5.51. The van der Waals surface area contributed by atoms with E-state index in [0.29, 0.717) is 11.7 Å². The van der Waals surface area contributed by atoms with Crippen molar-refractivity contribution in [1.29, 1.82) is 0 Å². The lowest BCUT2D eigenvalue weighted by atomic mass is 10.1. The molecule has 2 aliphatic rings. The highest BCUT2D eigenvalue weighted by Crippen LogP contribution is 2.28. The molecule has 0 saturated carbocycles. The quantitative estimate of drug-likeness (QED) is 0.770. The summed E-state index contributed by atoms with van der Waals surface area (Å²) >= 11 is 4.81. The third kappa shape index (κ3) is 2.94. The fourth-order valence-electron chi connectivity index (χ4n) is 3.17. The summed E-state index contributed by atoms with van der Waals surface area (Å²) in [5.74, 6) is 0. The molecule has 1 aromatic rings. The minimum Gasteiger partial charge on any atom is -0.388 e. The van der Waals surface area contributed by atoms with E-state index >= 15 is 0 Å². The number of fused-ring (bicyclic) bond motifs is 1. The van der Waals surface area contributed by atoms with Crippen molar-refractivity contribution in [3.8, 4) is 0 Å². The largest absolute Gasteiger partial charge is 0.388 e. The number of sulfonamides is 1. The van der Waals surface area contributed by atoms with Gasteiger partial charge in [-0.15, -0.1) is 0 Å². The average molecular weight is 326 g/mol. The van der Waals surface area contributed by atoms with Crippen LogP contribution in [0.15, 0.2) is 23.2 Å². The second kappa shape index (κ2) is 5.60. The Kier molecular flexibility index (Phi) is 3.96. The van der Waals surface area contributed by atoms with Crippen LogP contribution >= 0.6 is 12.2 Å². The van der Waals surface area contributed by atoms with E-state index in [0.717, 1.165) is 32.4 Å². The molecule has 8 heteroatoms. The molecule has 21 heavy (non-hydrogen) atoms. The Bertz CT molecular complexity index is 645. The number of pyridine rings is 1. The van der Waals surface area contributed by atoms with Crippen LogP contribution in [0.2, 0.25) is 0 Å². The van der Waals surface area contributed by atoms with Crippen LogP contribution in [-0.4, -0.2) is 48.5 Å². The van der Waals surface area contributed by atoms with E-state index in [9.17, 15) is 8.42 Å². The number of aromatic nitrogens is 1. The normalized spacial score (nSPS) is 25.9. The summed E-state index contributed by atoms with van der Waals surface area (Å²) in [6.45, 7) is 2.05. The molecule has 2 unspecified atom stereocenters. The smallest absolute Gasteiger partial charge is 0.242 e. The molecule has 2 fully saturated rings. The van der Waals surface area contributed by atoms with E-state index in [1.54, 1.807) is 0 Å². The van der Waals surface area contributed by atoms with Crippen LogP contribution in [0.5, 0.6) is 0 Å². The highest BCUT2D eigenvalue weighted by atomic mass is 32.2. The van der Waals surface area contributed by atoms with Crippen LogP contribution in [-0.2, 0) is 10.0 Å². The molecule has 3 heterocycles. The first-order valence-electron chi connectivity index (χ1n) is 6.99.